The molecule has 1 N–H and O–H groups in total. The number of hydrogen-bond acceptors (Lipinski definition) is 3. The van der Waals surface area contributed by atoms with Crippen molar-refractivity contribution in [2.24, 2.45) is 5.92 Å². The Kier molecular flexibility index (Phi) is 4.39. The molecule has 1 saturated heterocycles. The SMILES string of the molecule is CC(C)(C)OC(=O)N1CCCC1CCC(O)C1CC1. The fraction of sp³-hybridized carbons (Fsp3) is 0.933. The van der Waals surface area contributed by atoms with E-state index in [-0.39, 0.29) is 18.2 Å². The summed E-state index contributed by atoms with van der Waals surface area (Å²) in [5.41, 5.74) is -0.433. The molecule has 0 bridgehead atoms. The van der Waals surface area contributed by atoms with E-state index in [1.165, 1.54) is 12.8 Å². The number of nitrogens with zero attached hydrogens (tertiary/aromatic N) is 1. The van der Waals surface area contributed by atoms with Gasteiger partial charge in [-0.1, -0.05) is 0 Å². The fourth-order valence-corrected chi connectivity index (χ4v) is 2.78. The van der Waals surface area contributed by atoms with Crippen molar-refractivity contribution in [3.8, 4) is 0 Å². The second-order valence-electron chi connectivity index (χ2n) is 6.95. The summed E-state index contributed by atoms with van der Waals surface area (Å²) >= 11 is 0. The van der Waals surface area contributed by atoms with Crippen LogP contribution in [0, 0.1) is 5.92 Å². The Labute approximate surface area is 116 Å². The van der Waals surface area contributed by atoms with Gasteiger partial charge in [0.25, 0.3) is 0 Å². The average molecular weight is 269 g/mol. The first-order valence-electron chi connectivity index (χ1n) is 7.54. The lowest BCUT2D eigenvalue weighted by atomic mass is 10.0. The molecule has 2 aliphatic rings. The van der Waals surface area contributed by atoms with Crippen molar-refractivity contribution in [3.05, 3.63) is 0 Å². The van der Waals surface area contributed by atoms with E-state index in [1.54, 1.807) is 0 Å². The molecule has 2 fully saturated rings. The van der Waals surface area contributed by atoms with Crippen LogP contribution in [-0.2, 0) is 4.74 Å². The van der Waals surface area contributed by atoms with Crippen molar-refractivity contribution in [1.29, 1.82) is 0 Å². The summed E-state index contributed by atoms with van der Waals surface area (Å²) < 4.78 is 5.44. The Morgan fingerprint density at radius 2 is 2.05 bits per heavy atom. The molecule has 1 heterocycles. The number of aliphatic hydroxyl groups is 1. The van der Waals surface area contributed by atoms with Gasteiger partial charge in [0.1, 0.15) is 5.60 Å². The predicted molar refractivity (Wildman–Crippen MR) is 73.9 cm³/mol. The highest BCUT2D eigenvalue weighted by atomic mass is 16.6. The van der Waals surface area contributed by atoms with Gasteiger partial charge in [-0.25, -0.2) is 4.79 Å². The molecule has 0 radical (unpaired) electrons. The number of ether oxygens (including phenoxy) is 1. The van der Waals surface area contributed by atoms with Crippen molar-refractivity contribution < 1.29 is 14.6 Å². The zero-order chi connectivity index (χ0) is 14.0. The number of likely N-dealkylation sites (tertiary alicyclic amines) is 1. The van der Waals surface area contributed by atoms with Crippen LogP contribution in [0.5, 0.6) is 0 Å². The van der Waals surface area contributed by atoms with E-state index in [1.807, 2.05) is 25.7 Å². The standard InChI is InChI=1S/C15H27NO3/c1-15(2,3)19-14(18)16-10-4-5-12(16)8-9-13(17)11-6-7-11/h11-13,17H,4-10H2,1-3H3. The van der Waals surface area contributed by atoms with Gasteiger partial charge in [-0.2, -0.15) is 0 Å². The van der Waals surface area contributed by atoms with E-state index < -0.39 is 5.60 Å². The molecule has 2 atom stereocenters. The topological polar surface area (TPSA) is 49.8 Å². The average Bonchev–Trinajstić information content (AvgIpc) is 3.02. The van der Waals surface area contributed by atoms with Gasteiger partial charge in [0.05, 0.1) is 6.10 Å². The molecule has 2 unspecified atom stereocenters. The molecular weight excluding hydrogens is 242 g/mol. The van der Waals surface area contributed by atoms with Gasteiger partial charge in [-0.3, -0.25) is 0 Å². The summed E-state index contributed by atoms with van der Waals surface area (Å²) in [6.45, 7) is 6.48. The maximum Gasteiger partial charge on any atom is 0.410 e. The zero-order valence-electron chi connectivity index (χ0n) is 12.4. The van der Waals surface area contributed by atoms with Crippen LogP contribution in [0.2, 0.25) is 0 Å². The van der Waals surface area contributed by atoms with Gasteiger partial charge in [0.15, 0.2) is 0 Å². The van der Waals surface area contributed by atoms with E-state index in [9.17, 15) is 9.90 Å². The number of aliphatic hydroxyl groups excluding tert-OH is 1. The zero-order valence-corrected chi connectivity index (χ0v) is 12.4. The molecule has 1 saturated carbocycles. The molecule has 4 heteroatoms. The van der Waals surface area contributed by atoms with Gasteiger partial charge < -0.3 is 14.7 Å². The van der Waals surface area contributed by atoms with Crippen molar-refractivity contribution in [3.63, 3.8) is 0 Å². The van der Waals surface area contributed by atoms with Crippen LogP contribution in [0.25, 0.3) is 0 Å². The third kappa shape index (κ3) is 4.37. The molecule has 0 aromatic heterocycles. The summed E-state index contributed by atoms with van der Waals surface area (Å²) in [7, 11) is 0. The highest BCUT2D eigenvalue weighted by Crippen LogP contribution is 2.35. The largest absolute Gasteiger partial charge is 0.444 e. The number of hydrogen-bond donors (Lipinski definition) is 1. The van der Waals surface area contributed by atoms with Gasteiger partial charge in [0.2, 0.25) is 0 Å². The van der Waals surface area contributed by atoms with E-state index in [2.05, 4.69) is 0 Å². The maximum atomic E-state index is 12.1. The molecular formula is C15H27NO3. The van der Waals surface area contributed by atoms with Crippen molar-refractivity contribution >= 4 is 6.09 Å². The molecule has 1 amide bonds. The Bertz CT molecular complexity index is 320. The van der Waals surface area contributed by atoms with E-state index >= 15 is 0 Å². The van der Waals surface area contributed by atoms with E-state index in [4.69, 9.17) is 4.74 Å². The maximum absolute atomic E-state index is 12.1. The normalized spacial score (nSPS) is 25.5. The number of amides is 1. The van der Waals surface area contributed by atoms with Gasteiger partial charge in [-0.05, 0) is 65.2 Å². The second kappa shape index (κ2) is 5.70. The lowest BCUT2D eigenvalue weighted by Crippen LogP contribution is -2.40. The molecule has 2 rings (SSSR count). The Morgan fingerprint density at radius 1 is 1.37 bits per heavy atom. The Balaban J connectivity index is 1.80. The predicted octanol–water partition coefficient (Wildman–Crippen LogP) is 2.94. The second-order valence-corrected chi connectivity index (χ2v) is 6.95. The first-order chi connectivity index (χ1) is 8.87. The molecule has 4 nitrogen and oxygen atoms in total. The van der Waals surface area contributed by atoms with E-state index in [0.717, 1.165) is 32.2 Å². The summed E-state index contributed by atoms with van der Waals surface area (Å²) in [6.07, 6.45) is 5.77. The summed E-state index contributed by atoms with van der Waals surface area (Å²) in [5.74, 6) is 0.524. The number of carbonyl (C=O) groups is 1. The lowest BCUT2D eigenvalue weighted by Gasteiger charge is -2.29. The molecule has 1 aliphatic heterocycles. The molecule has 110 valence electrons. The highest BCUT2D eigenvalue weighted by molar-refractivity contribution is 5.68. The van der Waals surface area contributed by atoms with Crippen LogP contribution >= 0.6 is 0 Å². The van der Waals surface area contributed by atoms with Gasteiger partial charge >= 0.3 is 6.09 Å². The first kappa shape index (κ1) is 14.6. The van der Waals surface area contributed by atoms with Crippen molar-refractivity contribution in [2.75, 3.05) is 6.54 Å². The molecule has 0 aromatic rings. The van der Waals surface area contributed by atoms with Crippen LogP contribution in [0.4, 0.5) is 4.79 Å². The molecule has 19 heavy (non-hydrogen) atoms. The molecule has 0 aromatic carbocycles. The minimum Gasteiger partial charge on any atom is -0.444 e. The van der Waals surface area contributed by atoms with Crippen molar-refractivity contribution in [1.82, 2.24) is 4.90 Å². The number of carbonyl (C=O) groups excluding carboxylic acids is 1. The highest BCUT2D eigenvalue weighted by Gasteiger charge is 2.34. The van der Waals surface area contributed by atoms with Gasteiger partial charge in [0, 0.05) is 12.6 Å². The Morgan fingerprint density at radius 3 is 2.63 bits per heavy atom. The number of rotatable bonds is 4. The minimum atomic E-state index is -0.433. The van der Waals surface area contributed by atoms with Crippen LogP contribution in [0.1, 0.15) is 59.3 Å². The van der Waals surface area contributed by atoms with Crippen LogP contribution in [0.15, 0.2) is 0 Å². The summed E-state index contributed by atoms with van der Waals surface area (Å²) in [4.78, 5) is 14.0. The summed E-state index contributed by atoms with van der Waals surface area (Å²) in [6, 6.07) is 0.253. The quantitative estimate of drug-likeness (QED) is 0.853. The van der Waals surface area contributed by atoms with Crippen LogP contribution in [-0.4, -0.2) is 40.4 Å². The Hall–Kier alpha value is -0.770. The first-order valence-corrected chi connectivity index (χ1v) is 7.54. The lowest BCUT2D eigenvalue weighted by molar-refractivity contribution is 0.0204. The van der Waals surface area contributed by atoms with E-state index in [0.29, 0.717) is 5.92 Å². The smallest absolute Gasteiger partial charge is 0.410 e. The van der Waals surface area contributed by atoms with Gasteiger partial charge in [-0.15, -0.1) is 0 Å². The third-order valence-corrected chi connectivity index (χ3v) is 3.97. The monoisotopic (exact) mass is 269 g/mol. The molecule has 0 spiro atoms. The third-order valence-electron chi connectivity index (χ3n) is 3.97. The minimum absolute atomic E-state index is 0.166. The van der Waals surface area contributed by atoms with Crippen LogP contribution < -0.4 is 0 Å². The van der Waals surface area contributed by atoms with Crippen molar-refractivity contribution in [2.45, 2.75) is 77.0 Å². The summed E-state index contributed by atoms with van der Waals surface area (Å²) in [5, 5.41) is 9.93. The van der Waals surface area contributed by atoms with Crippen LogP contribution in [0.3, 0.4) is 0 Å². The fourth-order valence-electron chi connectivity index (χ4n) is 2.78. The molecule has 1 aliphatic carbocycles.